The molecular weight excluding hydrogens is 255 g/mol. The Morgan fingerprint density at radius 3 is 2.83 bits per heavy atom. The van der Waals surface area contributed by atoms with Crippen LogP contribution in [-0.2, 0) is 27.5 Å². The number of rotatable bonds is 2. The van der Waals surface area contributed by atoms with E-state index in [2.05, 4.69) is 14.5 Å². The van der Waals surface area contributed by atoms with Crippen molar-refractivity contribution in [1.82, 2.24) is 4.98 Å². The molecule has 1 aromatic heterocycles. The van der Waals surface area contributed by atoms with Gasteiger partial charge in [-0.2, -0.15) is 13.2 Å². The molecule has 8 heteroatoms. The molecule has 0 aliphatic carbocycles. The van der Waals surface area contributed by atoms with Gasteiger partial charge in [0.2, 0.25) is 0 Å². The molecule has 0 radical (unpaired) electrons. The highest BCUT2D eigenvalue weighted by Gasteiger charge is 2.41. The molecule has 2 rings (SSSR count). The minimum absolute atomic E-state index is 0.0325. The maximum absolute atomic E-state index is 11.9. The molecule has 96 valence electrons. The smallest absolute Gasteiger partial charge is 0.456 e. The average molecular weight is 261 g/mol. The van der Waals surface area contributed by atoms with Crippen LogP contribution in [0, 0.1) is 0 Å². The molecule has 0 saturated carbocycles. The molecule has 0 bridgehead atoms. The van der Waals surface area contributed by atoms with E-state index in [0.717, 1.165) is 0 Å². The molecule has 0 saturated heterocycles. The first-order valence-corrected chi connectivity index (χ1v) is 4.78. The fourth-order valence-electron chi connectivity index (χ4n) is 1.36. The first-order chi connectivity index (χ1) is 8.38. The minimum Gasteiger partial charge on any atom is -0.456 e. The average Bonchev–Trinajstić information content (AvgIpc) is 2.66. The topological polar surface area (TPSA) is 65.5 Å². The fraction of sp³-hybridized carbons (Fsp3) is 0.300. The van der Waals surface area contributed by atoms with Crippen LogP contribution < -0.4 is 0 Å². The summed E-state index contributed by atoms with van der Waals surface area (Å²) in [7, 11) is 0. The molecule has 0 fully saturated rings. The number of pyridine rings is 1. The Labute approximate surface area is 98.5 Å². The van der Waals surface area contributed by atoms with Gasteiger partial charge in [0, 0.05) is 0 Å². The van der Waals surface area contributed by atoms with Gasteiger partial charge in [0.15, 0.2) is 0 Å². The second kappa shape index (κ2) is 4.28. The number of hydrogen-bond donors (Lipinski definition) is 0. The number of fused-ring (bicyclic) bond motifs is 1. The van der Waals surface area contributed by atoms with E-state index in [1.54, 1.807) is 0 Å². The first-order valence-electron chi connectivity index (χ1n) is 4.78. The van der Waals surface area contributed by atoms with E-state index in [1.165, 1.54) is 12.1 Å². The van der Waals surface area contributed by atoms with Crippen LogP contribution in [0.5, 0.6) is 0 Å². The second-order valence-corrected chi connectivity index (χ2v) is 3.45. The van der Waals surface area contributed by atoms with Crippen molar-refractivity contribution in [3.05, 3.63) is 29.1 Å². The lowest BCUT2D eigenvalue weighted by Crippen LogP contribution is -2.25. The van der Waals surface area contributed by atoms with Crippen LogP contribution in [0.4, 0.5) is 13.2 Å². The number of alkyl halides is 3. The summed E-state index contributed by atoms with van der Waals surface area (Å²) in [5.41, 5.74) is 0.700. The van der Waals surface area contributed by atoms with Gasteiger partial charge in [-0.3, -0.25) is 0 Å². The zero-order chi connectivity index (χ0) is 13.3. The third kappa shape index (κ3) is 2.41. The van der Waals surface area contributed by atoms with Crippen LogP contribution in [0.2, 0.25) is 0 Å². The Kier molecular flexibility index (Phi) is 2.93. The number of halogens is 3. The van der Waals surface area contributed by atoms with Gasteiger partial charge in [-0.15, -0.1) is 0 Å². The highest BCUT2D eigenvalue weighted by atomic mass is 19.4. The van der Waals surface area contributed by atoms with Crippen LogP contribution in [0.1, 0.15) is 21.7 Å². The van der Waals surface area contributed by atoms with Gasteiger partial charge in [-0.1, -0.05) is 0 Å². The number of ether oxygens (including phenoxy) is 2. The molecule has 0 atom stereocenters. The van der Waals surface area contributed by atoms with Crippen molar-refractivity contribution >= 4 is 11.9 Å². The summed E-state index contributed by atoms with van der Waals surface area (Å²) in [5, 5.41) is 0. The van der Waals surface area contributed by atoms with Gasteiger partial charge in [-0.05, 0) is 12.1 Å². The third-order valence-electron chi connectivity index (χ3n) is 2.17. The summed E-state index contributed by atoms with van der Waals surface area (Å²) in [6, 6.07) is 2.67. The lowest BCUT2D eigenvalue weighted by molar-refractivity contribution is -0.201. The molecular formula is C10H6F3NO4. The summed E-state index contributed by atoms with van der Waals surface area (Å²) in [6.07, 6.45) is -5.03. The van der Waals surface area contributed by atoms with Crippen molar-refractivity contribution < 1.29 is 32.2 Å². The molecule has 5 nitrogen and oxygen atoms in total. The van der Waals surface area contributed by atoms with Crippen LogP contribution in [-0.4, -0.2) is 23.1 Å². The molecule has 0 unspecified atom stereocenters. The van der Waals surface area contributed by atoms with Crippen molar-refractivity contribution in [2.75, 3.05) is 0 Å². The Morgan fingerprint density at radius 2 is 2.17 bits per heavy atom. The van der Waals surface area contributed by atoms with Gasteiger partial charge < -0.3 is 9.47 Å². The lowest BCUT2D eigenvalue weighted by atomic mass is 10.2. The summed E-state index contributed by atoms with van der Waals surface area (Å²) in [5.74, 6) is -2.81. The standard InChI is InChI=1S/C10H6F3NO4/c11-10(12,13)9(16)18-3-5-1-2-6-7(14-5)4-17-8(6)15/h1-2H,3-4H2. The van der Waals surface area contributed by atoms with E-state index in [0.29, 0.717) is 5.69 Å². The molecule has 0 spiro atoms. The fourth-order valence-corrected chi connectivity index (χ4v) is 1.36. The molecule has 2 heterocycles. The maximum atomic E-state index is 11.9. The van der Waals surface area contributed by atoms with Crippen LogP contribution in [0.15, 0.2) is 12.1 Å². The zero-order valence-electron chi connectivity index (χ0n) is 8.78. The molecule has 0 amide bonds. The van der Waals surface area contributed by atoms with Gasteiger partial charge in [0.1, 0.15) is 13.2 Å². The predicted octanol–water partition coefficient (Wildman–Crippen LogP) is 1.36. The van der Waals surface area contributed by atoms with E-state index in [1.807, 2.05) is 0 Å². The van der Waals surface area contributed by atoms with Crippen LogP contribution >= 0.6 is 0 Å². The van der Waals surface area contributed by atoms with Gasteiger partial charge in [0.05, 0.1) is 17.0 Å². The molecule has 18 heavy (non-hydrogen) atoms. The number of aromatic nitrogens is 1. The number of cyclic esters (lactones) is 1. The highest BCUT2D eigenvalue weighted by molar-refractivity contribution is 5.92. The summed E-state index contributed by atoms with van der Waals surface area (Å²) in [6.45, 7) is -0.644. The monoisotopic (exact) mass is 261 g/mol. The van der Waals surface area contributed by atoms with Gasteiger partial charge >= 0.3 is 18.1 Å². The van der Waals surface area contributed by atoms with Crippen LogP contribution in [0.3, 0.4) is 0 Å². The van der Waals surface area contributed by atoms with Gasteiger partial charge in [0.25, 0.3) is 0 Å². The van der Waals surface area contributed by atoms with E-state index in [4.69, 9.17) is 0 Å². The molecule has 1 aliphatic rings. The van der Waals surface area contributed by atoms with Crippen molar-refractivity contribution in [1.29, 1.82) is 0 Å². The second-order valence-electron chi connectivity index (χ2n) is 3.45. The minimum atomic E-state index is -5.03. The first kappa shape index (κ1) is 12.3. The third-order valence-corrected chi connectivity index (χ3v) is 2.17. The predicted molar refractivity (Wildman–Crippen MR) is 49.2 cm³/mol. The van der Waals surface area contributed by atoms with Crippen LogP contribution in [0.25, 0.3) is 0 Å². The molecule has 0 aromatic carbocycles. The van der Waals surface area contributed by atoms with Gasteiger partial charge in [-0.25, -0.2) is 14.6 Å². The van der Waals surface area contributed by atoms with E-state index >= 15 is 0 Å². The molecule has 0 N–H and O–H groups in total. The normalized spacial score (nSPS) is 14.1. The number of esters is 2. The Hall–Kier alpha value is -2.12. The quantitative estimate of drug-likeness (QED) is 0.752. The number of nitrogens with zero attached hydrogens (tertiary/aromatic N) is 1. The van der Waals surface area contributed by atoms with Crippen molar-refractivity contribution in [3.63, 3.8) is 0 Å². The summed E-state index contributed by atoms with van der Waals surface area (Å²) < 4.78 is 44.3. The highest BCUT2D eigenvalue weighted by Crippen LogP contribution is 2.20. The zero-order valence-corrected chi connectivity index (χ0v) is 8.78. The van der Waals surface area contributed by atoms with Crippen molar-refractivity contribution in [2.24, 2.45) is 0 Å². The van der Waals surface area contributed by atoms with Crippen molar-refractivity contribution in [3.8, 4) is 0 Å². The van der Waals surface area contributed by atoms with E-state index < -0.39 is 24.7 Å². The van der Waals surface area contributed by atoms with Crippen molar-refractivity contribution in [2.45, 2.75) is 19.4 Å². The molecule has 1 aromatic rings. The number of carbonyl (C=O) groups excluding carboxylic acids is 2. The maximum Gasteiger partial charge on any atom is 0.490 e. The Bertz CT molecular complexity index is 512. The summed E-state index contributed by atoms with van der Waals surface area (Å²) in [4.78, 5) is 25.4. The SMILES string of the molecule is O=C1OCc2nc(COC(=O)C(F)(F)F)ccc21. The Balaban J connectivity index is 2.04. The lowest BCUT2D eigenvalue weighted by Gasteiger charge is -2.07. The largest absolute Gasteiger partial charge is 0.490 e. The molecule has 1 aliphatic heterocycles. The Morgan fingerprint density at radius 1 is 1.44 bits per heavy atom. The summed E-state index contributed by atoms with van der Waals surface area (Å²) >= 11 is 0. The van der Waals surface area contributed by atoms with E-state index in [9.17, 15) is 22.8 Å². The number of carbonyl (C=O) groups is 2. The van der Waals surface area contributed by atoms with E-state index in [-0.39, 0.29) is 17.9 Å². The number of hydrogen-bond acceptors (Lipinski definition) is 5.